The molecule has 4 aromatic rings. The predicted octanol–water partition coefficient (Wildman–Crippen LogP) is 4.44. The van der Waals surface area contributed by atoms with Gasteiger partial charge in [0.1, 0.15) is 18.8 Å². The highest BCUT2D eigenvalue weighted by molar-refractivity contribution is 7.53. The first-order valence-electron chi connectivity index (χ1n) is 12.5. The molecule has 1 unspecified atom stereocenters. The number of H-pyrrole nitrogens is 1. The lowest BCUT2D eigenvalue weighted by molar-refractivity contribution is 0.114. The Bertz CT molecular complexity index is 1720. The van der Waals surface area contributed by atoms with E-state index in [2.05, 4.69) is 21.5 Å². The molecule has 41 heavy (non-hydrogen) atoms. The molecule has 3 N–H and O–H groups in total. The lowest BCUT2D eigenvalue weighted by atomic mass is 10.1. The Kier molecular flexibility index (Phi) is 8.31. The molecule has 5 rings (SSSR count). The number of nitrogens with two attached hydrogens (primary N) is 1. The number of nitrogens with zero attached hydrogens (tertiary/aromatic N) is 3. The maximum Gasteiger partial charge on any atom is 0.356 e. The first kappa shape index (κ1) is 28.2. The van der Waals surface area contributed by atoms with E-state index in [0.29, 0.717) is 22.4 Å². The van der Waals surface area contributed by atoms with E-state index in [1.807, 2.05) is 30.3 Å². The molecule has 14 heteroatoms. The normalized spacial score (nSPS) is 14.7. The van der Waals surface area contributed by atoms with Crippen molar-refractivity contribution in [2.24, 2.45) is 0 Å². The van der Waals surface area contributed by atoms with E-state index in [1.54, 1.807) is 23.6 Å². The molecule has 1 aliphatic rings. The molecule has 2 aromatic heterocycles. The number of fused-ring (bicyclic) bond motifs is 1. The largest absolute Gasteiger partial charge is 0.424 e. The van der Waals surface area contributed by atoms with E-state index in [0.717, 1.165) is 0 Å². The van der Waals surface area contributed by atoms with Gasteiger partial charge >= 0.3 is 7.60 Å². The van der Waals surface area contributed by atoms with Crippen LogP contribution in [0, 0.1) is 12.7 Å². The van der Waals surface area contributed by atoms with E-state index in [-0.39, 0.29) is 55.2 Å². The monoisotopic (exact) mass is 583 g/mol. The fourth-order valence-electron chi connectivity index (χ4n) is 3.92. The van der Waals surface area contributed by atoms with Gasteiger partial charge in [-0.05, 0) is 30.7 Å². The SMILES string of the molecule is C=C1OC(COP(=O)(COCCn2cnc3c(=O)[nH]c(N)nc32)OCc2ccc(C)c(F)c2)=C(c2ccccc2)O1. The first-order chi connectivity index (χ1) is 19.7. The van der Waals surface area contributed by atoms with Gasteiger partial charge in [-0.15, -0.1) is 0 Å². The molecule has 0 bridgehead atoms. The molecule has 2 aromatic carbocycles. The maximum absolute atomic E-state index is 14.1. The number of aryl methyl sites for hydroxylation is 1. The van der Waals surface area contributed by atoms with Gasteiger partial charge in [-0.1, -0.05) is 42.5 Å². The van der Waals surface area contributed by atoms with Crippen molar-refractivity contribution in [1.82, 2.24) is 19.5 Å². The van der Waals surface area contributed by atoms with Gasteiger partial charge in [-0.3, -0.25) is 18.9 Å². The summed E-state index contributed by atoms with van der Waals surface area (Å²) < 4.78 is 57.7. The van der Waals surface area contributed by atoms with Crippen LogP contribution >= 0.6 is 7.60 Å². The van der Waals surface area contributed by atoms with Crippen molar-refractivity contribution in [1.29, 1.82) is 0 Å². The van der Waals surface area contributed by atoms with Gasteiger partial charge in [-0.2, -0.15) is 4.98 Å². The lowest BCUT2D eigenvalue weighted by Crippen LogP contribution is -2.13. The van der Waals surface area contributed by atoms with Crippen LogP contribution in [0.3, 0.4) is 0 Å². The highest BCUT2D eigenvalue weighted by Crippen LogP contribution is 2.50. The van der Waals surface area contributed by atoms with E-state index < -0.39 is 25.3 Å². The molecule has 0 saturated carbocycles. The number of imidazole rings is 1. The smallest absolute Gasteiger partial charge is 0.356 e. The quantitative estimate of drug-likeness (QED) is 0.181. The molecular weight excluding hydrogens is 556 g/mol. The van der Waals surface area contributed by atoms with Gasteiger partial charge in [0.15, 0.2) is 22.7 Å². The fourth-order valence-corrected chi connectivity index (χ4v) is 5.16. The predicted molar refractivity (Wildman–Crippen MR) is 148 cm³/mol. The summed E-state index contributed by atoms with van der Waals surface area (Å²) in [7, 11) is -3.93. The van der Waals surface area contributed by atoms with E-state index in [4.69, 9.17) is 29.0 Å². The maximum atomic E-state index is 14.1. The van der Waals surface area contributed by atoms with Gasteiger partial charge < -0.3 is 29.0 Å². The summed E-state index contributed by atoms with van der Waals surface area (Å²) >= 11 is 0. The zero-order valence-electron chi connectivity index (χ0n) is 22.0. The molecule has 0 fully saturated rings. The van der Waals surface area contributed by atoms with Gasteiger partial charge in [0.2, 0.25) is 5.95 Å². The Morgan fingerprint density at radius 3 is 2.71 bits per heavy atom. The number of benzene rings is 2. The molecule has 1 aliphatic heterocycles. The molecule has 0 spiro atoms. The fraction of sp³-hybridized carbons (Fsp3) is 0.222. The minimum atomic E-state index is -3.93. The Morgan fingerprint density at radius 1 is 1.15 bits per heavy atom. The molecule has 12 nitrogen and oxygen atoms in total. The minimum absolute atomic E-state index is 0.0457. The molecule has 0 amide bonds. The van der Waals surface area contributed by atoms with Crippen LogP contribution in [0.5, 0.6) is 0 Å². The number of ether oxygens (including phenoxy) is 3. The van der Waals surface area contributed by atoms with Crippen LogP contribution in [-0.4, -0.2) is 39.1 Å². The number of nitrogen functional groups attached to an aromatic ring is 1. The van der Waals surface area contributed by atoms with E-state index in [1.165, 1.54) is 12.4 Å². The molecule has 1 atom stereocenters. The van der Waals surface area contributed by atoms with E-state index >= 15 is 0 Å². The second-order valence-corrected chi connectivity index (χ2v) is 11.0. The summed E-state index contributed by atoms with van der Waals surface area (Å²) in [4.78, 5) is 22.6. The summed E-state index contributed by atoms with van der Waals surface area (Å²) in [5, 5.41) is 0. The third-order valence-electron chi connectivity index (χ3n) is 6.02. The third-order valence-corrected chi connectivity index (χ3v) is 7.56. The van der Waals surface area contributed by atoms with Gasteiger partial charge in [-0.25, -0.2) is 9.37 Å². The van der Waals surface area contributed by atoms with Crippen molar-refractivity contribution in [2.45, 2.75) is 20.1 Å². The zero-order valence-corrected chi connectivity index (χ0v) is 22.9. The number of rotatable bonds is 12. The van der Waals surface area contributed by atoms with Crippen LogP contribution in [0.1, 0.15) is 16.7 Å². The second kappa shape index (κ2) is 12.1. The number of aromatic amines is 1. The van der Waals surface area contributed by atoms with Crippen molar-refractivity contribution in [3.8, 4) is 0 Å². The molecular formula is C27H27FN5O7P. The Hall–Kier alpha value is -4.29. The van der Waals surface area contributed by atoms with Crippen LogP contribution in [0.2, 0.25) is 0 Å². The summed E-state index contributed by atoms with van der Waals surface area (Å²) in [6.07, 6.45) is 0.996. The molecule has 3 heterocycles. The Morgan fingerprint density at radius 2 is 1.93 bits per heavy atom. The standard InChI is InChI=1S/C27H27FN5O7P/c1-17-8-9-19(12-21(17)28)13-37-41(35,38-14-22-24(40-18(2)39-22)20-6-4-3-5-7-20)16-36-11-10-33-15-30-23-25(33)31-27(29)32-26(23)34/h3-9,12,15H,2,10-11,13-14,16H2,1H3,(H3,29,31,32,34). The highest BCUT2D eigenvalue weighted by Gasteiger charge is 2.30. The molecule has 214 valence electrons. The number of halogens is 1. The van der Waals surface area contributed by atoms with Crippen LogP contribution < -0.4 is 11.3 Å². The summed E-state index contributed by atoms with van der Waals surface area (Å²) in [6.45, 7) is 5.13. The van der Waals surface area contributed by atoms with Crippen molar-refractivity contribution < 1.29 is 32.2 Å². The molecule has 0 radical (unpaired) electrons. The van der Waals surface area contributed by atoms with Crippen molar-refractivity contribution in [3.05, 3.63) is 106 Å². The van der Waals surface area contributed by atoms with Crippen molar-refractivity contribution in [3.63, 3.8) is 0 Å². The highest BCUT2D eigenvalue weighted by atomic mass is 31.2. The van der Waals surface area contributed by atoms with Crippen LogP contribution in [0.25, 0.3) is 16.9 Å². The number of anilines is 1. The zero-order chi connectivity index (χ0) is 29.0. The Labute approximate surface area is 233 Å². The average Bonchev–Trinajstić information content (AvgIpc) is 3.54. The summed E-state index contributed by atoms with van der Waals surface area (Å²) in [5.74, 6) is 0.216. The van der Waals surface area contributed by atoms with Gasteiger partial charge in [0, 0.05) is 12.1 Å². The van der Waals surface area contributed by atoms with Crippen molar-refractivity contribution >= 4 is 30.5 Å². The first-order valence-corrected chi connectivity index (χ1v) is 14.2. The number of hydrogen-bond donors (Lipinski definition) is 2. The summed E-state index contributed by atoms with van der Waals surface area (Å²) in [6, 6.07) is 13.7. The summed E-state index contributed by atoms with van der Waals surface area (Å²) in [5.41, 5.74) is 7.25. The lowest BCUT2D eigenvalue weighted by Gasteiger charge is -2.19. The number of aromatic nitrogens is 4. The molecule has 0 saturated heterocycles. The van der Waals surface area contributed by atoms with Crippen molar-refractivity contribution in [2.75, 3.05) is 25.3 Å². The molecule has 0 aliphatic carbocycles. The van der Waals surface area contributed by atoms with Gasteiger partial charge in [0.05, 0.1) is 19.5 Å². The van der Waals surface area contributed by atoms with E-state index in [9.17, 15) is 13.8 Å². The minimum Gasteiger partial charge on any atom is -0.424 e. The van der Waals surface area contributed by atoms with Crippen LogP contribution in [0.4, 0.5) is 10.3 Å². The van der Waals surface area contributed by atoms with Crippen LogP contribution in [-0.2, 0) is 41.0 Å². The topological polar surface area (TPSA) is 153 Å². The third kappa shape index (κ3) is 6.72. The Balaban J connectivity index is 1.29. The van der Waals surface area contributed by atoms with Crippen LogP contribution in [0.15, 0.2) is 77.9 Å². The number of nitrogens with one attached hydrogen (secondary N) is 1. The van der Waals surface area contributed by atoms with Gasteiger partial charge in [0.25, 0.3) is 11.5 Å². The average molecular weight is 584 g/mol. The second-order valence-electron chi connectivity index (χ2n) is 9.03. The number of hydrogen-bond acceptors (Lipinski definition) is 10.